The molecule has 2 fully saturated rings. The van der Waals surface area contributed by atoms with Crippen molar-refractivity contribution in [3.05, 3.63) is 35.9 Å². The zero-order valence-electron chi connectivity index (χ0n) is 10.5. The van der Waals surface area contributed by atoms with Gasteiger partial charge in [-0.05, 0) is 18.4 Å². The second-order valence-corrected chi connectivity index (χ2v) is 5.82. The molecule has 1 nitrogen and oxygen atoms in total. The smallest absolute Gasteiger partial charge is 0.256 e. The van der Waals surface area contributed by atoms with Crippen molar-refractivity contribution in [1.29, 1.82) is 0 Å². The molecule has 1 aromatic rings. The Kier molecular flexibility index (Phi) is 2.53. The van der Waals surface area contributed by atoms with E-state index in [1.165, 1.54) is 0 Å². The molecule has 3 rings (SSSR count). The third-order valence-electron chi connectivity index (χ3n) is 5.15. The number of hydrogen-bond acceptors (Lipinski definition) is 1. The van der Waals surface area contributed by atoms with Crippen LogP contribution in [0.3, 0.4) is 0 Å². The van der Waals surface area contributed by atoms with Crippen LogP contribution in [-0.4, -0.2) is 12.5 Å². The van der Waals surface area contributed by atoms with Gasteiger partial charge in [0.15, 0.2) is 0 Å². The zero-order chi connectivity index (χ0) is 12.9. The van der Waals surface area contributed by atoms with Gasteiger partial charge in [-0.25, -0.2) is 8.78 Å². The van der Waals surface area contributed by atoms with Crippen molar-refractivity contribution in [3.63, 3.8) is 0 Å². The Hall–Kier alpha value is -0.960. The Morgan fingerprint density at radius 1 is 1.06 bits per heavy atom. The van der Waals surface area contributed by atoms with E-state index in [9.17, 15) is 8.78 Å². The molecule has 1 atom stereocenters. The Morgan fingerprint density at radius 2 is 1.61 bits per heavy atom. The Balaban J connectivity index is 2.09. The Morgan fingerprint density at radius 3 is 2.06 bits per heavy atom. The lowest BCUT2D eigenvalue weighted by Crippen LogP contribution is -2.43. The first-order valence-electron chi connectivity index (χ1n) is 6.71. The lowest BCUT2D eigenvalue weighted by Gasteiger charge is -2.38. The van der Waals surface area contributed by atoms with Crippen LogP contribution in [0.1, 0.15) is 37.7 Å². The van der Waals surface area contributed by atoms with Crippen LogP contribution in [0.2, 0.25) is 0 Å². The van der Waals surface area contributed by atoms with Gasteiger partial charge in [0.25, 0.3) is 5.92 Å². The molecule has 0 saturated heterocycles. The molecule has 2 aliphatic carbocycles. The summed E-state index contributed by atoms with van der Waals surface area (Å²) in [5, 5.41) is 0. The van der Waals surface area contributed by atoms with Crippen molar-refractivity contribution < 1.29 is 8.78 Å². The van der Waals surface area contributed by atoms with E-state index in [1.807, 2.05) is 30.3 Å². The topological polar surface area (TPSA) is 26.0 Å². The highest BCUT2D eigenvalue weighted by atomic mass is 19.3. The minimum absolute atomic E-state index is 0.0363. The quantitative estimate of drug-likeness (QED) is 0.874. The van der Waals surface area contributed by atoms with E-state index < -0.39 is 16.8 Å². The molecule has 1 unspecified atom stereocenters. The fourth-order valence-electron chi connectivity index (χ4n) is 4.05. The van der Waals surface area contributed by atoms with Gasteiger partial charge in [0, 0.05) is 18.4 Å². The van der Waals surface area contributed by atoms with Crippen LogP contribution in [0, 0.1) is 5.41 Å². The van der Waals surface area contributed by atoms with Crippen LogP contribution >= 0.6 is 0 Å². The number of rotatable bonds is 3. The maximum Gasteiger partial charge on any atom is 0.256 e. The van der Waals surface area contributed by atoms with Crippen LogP contribution in [0.25, 0.3) is 0 Å². The summed E-state index contributed by atoms with van der Waals surface area (Å²) in [4.78, 5) is 0. The summed E-state index contributed by atoms with van der Waals surface area (Å²) in [6.07, 6.45) is 3.73. The van der Waals surface area contributed by atoms with Crippen LogP contribution in [0.4, 0.5) is 8.78 Å². The highest BCUT2D eigenvalue weighted by Crippen LogP contribution is 2.72. The summed E-state index contributed by atoms with van der Waals surface area (Å²) < 4.78 is 27.9. The number of alkyl halides is 2. The van der Waals surface area contributed by atoms with Crippen LogP contribution < -0.4 is 5.73 Å². The average Bonchev–Trinajstić information content (AvgIpc) is 2.79. The van der Waals surface area contributed by atoms with Crippen LogP contribution in [-0.2, 0) is 5.41 Å². The third kappa shape index (κ3) is 1.34. The SMILES string of the molecule is NCC1(C2(c3ccccc3)CCCC2)CC1(F)F. The van der Waals surface area contributed by atoms with E-state index in [4.69, 9.17) is 5.73 Å². The van der Waals surface area contributed by atoms with Crippen molar-refractivity contribution in [2.24, 2.45) is 11.1 Å². The number of nitrogens with two attached hydrogens (primary N) is 1. The molecule has 0 aromatic heterocycles. The molecule has 0 aliphatic heterocycles. The summed E-state index contributed by atoms with van der Waals surface area (Å²) in [6, 6.07) is 9.82. The number of benzene rings is 1. The van der Waals surface area contributed by atoms with Crippen molar-refractivity contribution in [2.75, 3.05) is 6.54 Å². The summed E-state index contributed by atoms with van der Waals surface area (Å²) >= 11 is 0. The molecule has 2 N–H and O–H groups in total. The van der Waals surface area contributed by atoms with Crippen molar-refractivity contribution >= 4 is 0 Å². The molecule has 2 saturated carbocycles. The first-order valence-corrected chi connectivity index (χ1v) is 6.71. The standard InChI is InChI=1S/C15H19F2N/c16-15(17)10-14(15,11-18)13(8-4-5-9-13)12-6-2-1-3-7-12/h1-3,6-7H,4-5,8-11,18H2. The van der Waals surface area contributed by atoms with Crippen molar-refractivity contribution in [3.8, 4) is 0 Å². The monoisotopic (exact) mass is 251 g/mol. The second kappa shape index (κ2) is 3.77. The predicted octanol–water partition coefficient (Wildman–Crippen LogP) is 3.48. The lowest BCUT2D eigenvalue weighted by molar-refractivity contribution is 0.0297. The van der Waals surface area contributed by atoms with Gasteiger partial charge in [-0.3, -0.25) is 0 Å². The van der Waals surface area contributed by atoms with E-state index in [1.54, 1.807) is 0 Å². The third-order valence-corrected chi connectivity index (χ3v) is 5.15. The Bertz CT molecular complexity index is 437. The molecule has 0 radical (unpaired) electrons. The normalized spacial score (nSPS) is 32.4. The molecule has 0 heterocycles. The number of hydrogen-bond donors (Lipinski definition) is 1. The van der Waals surface area contributed by atoms with Crippen LogP contribution in [0.15, 0.2) is 30.3 Å². The zero-order valence-corrected chi connectivity index (χ0v) is 10.5. The largest absolute Gasteiger partial charge is 0.330 e. The molecule has 2 aliphatic rings. The van der Waals surface area contributed by atoms with Gasteiger partial charge in [0.1, 0.15) is 0 Å². The molecule has 3 heteroatoms. The Labute approximate surface area is 106 Å². The molecule has 0 bridgehead atoms. The molecular weight excluding hydrogens is 232 g/mol. The van der Waals surface area contributed by atoms with Gasteiger partial charge < -0.3 is 5.73 Å². The first-order chi connectivity index (χ1) is 8.58. The van der Waals surface area contributed by atoms with Gasteiger partial charge in [-0.15, -0.1) is 0 Å². The van der Waals surface area contributed by atoms with E-state index in [0.717, 1.165) is 31.2 Å². The minimum atomic E-state index is -2.58. The molecule has 0 spiro atoms. The molecule has 1 aromatic carbocycles. The lowest BCUT2D eigenvalue weighted by atomic mass is 9.66. The summed E-state index contributed by atoms with van der Waals surface area (Å²) in [7, 11) is 0. The predicted molar refractivity (Wildman–Crippen MR) is 67.6 cm³/mol. The molecule has 0 amide bonds. The van der Waals surface area contributed by atoms with Gasteiger partial charge in [0.2, 0.25) is 0 Å². The second-order valence-electron chi connectivity index (χ2n) is 5.82. The summed E-state index contributed by atoms with van der Waals surface area (Å²) in [6.45, 7) is 0.0922. The van der Waals surface area contributed by atoms with Crippen molar-refractivity contribution in [2.45, 2.75) is 43.4 Å². The number of halogens is 2. The van der Waals surface area contributed by atoms with E-state index in [-0.39, 0.29) is 13.0 Å². The highest BCUT2D eigenvalue weighted by molar-refractivity contribution is 5.37. The maximum absolute atomic E-state index is 14.0. The minimum Gasteiger partial charge on any atom is -0.330 e. The summed E-state index contributed by atoms with van der Waals surface area (Å²) in [5.74, 6) is -2.58. The fourth-order valence-corrected chi connectivity index (χ4v) is 4.05. The average molecular weight is 251 g/mol. The van der Waals surface area contributed by atoms with E-state index in [0.29, 0.717) is 0 Å². The highest BCUT2D eigenvalue weighted by Gasteiger charge is 2.78. The summed E-state index contributed by atoms with van der Waals surface area (Å²) in [5.41, 5.74) is 5.44. The van der Waals surface area contributed by atoms with Gasteiger partial charge >= 0.3 is 0 Å². The van der Waals surface area contributed by atoms with Gasteiger partial charge in [-0.1, -0.05) is 43.2 Å². The van der Waals surface area contributed by atoms with Crippen molar-refractivity contribution in [1.82, 2.24) is 0 Å². The fraction of sp³-hybridized carbons (Fsp3) is 0.600. The molecule has 18 heavy (non-hydrogen) atoms. The maximum atomic E-state index is 14.0. The van der Waals surface area contributed by atoms with E-state index >= 15 is 0 Å². The van der Waals surface area contributed by atoms with Crippen LogP contribution in [0.5, 0.6) is 0 Å². The molecule has 98 valence electrons. The molecular formula is C15H19F2N. The first kappa shape index (κ1) is 12.1. The van der Waals surface area contributed by atoms with E-state index in [2.05, 4.69) is 0 Å². The van der Waals surface area contributed by atoms with Gasteiger partial charge in [-0.2, -0.15) is 0 Å². The van der Waals surface area contributed by atoms with Gasteiger partial charge in [0.05, 0.1) is 5.41 Å².